The minimum absolute atomic E-state index is 0.293. The Bertz CT molecular complexity index is 814. The van der Waals surface area contributed by atoms with Crippen LogP contribution in [0, 0.1) is 11.2 Å². The summed E-state index contributed by atoms with van der Waals surface area (Å²) in [4.78, 5) is 6.53. The Morgan fingerprint density at radius 1 is 1.30 bits per heavy atom. The standard InChI is InChI=1S/C21H26FN5/c1-5-13-27(4)19-11-12-24-21(26-17-9-7-16(22)8-10-17)20(19)18(23)14-25-15(3)6-2/h6-12,23,25H,2-3,5,13-14H2,1,4H3,(H,24,26). The molecule has 0 amide bonds. The molecule has 0 saturated carbocycles. The molecule has 6 heteroatoms. The first-order valence-electron chi connectivity index (χ1n) is 8.82. The smallest absolute Gasteiger partial charge is 0.141 e. The number of anilines is 3. The summed E-state index contributed by atoms with van der Waals surface area (Å²) in [5.41, 5.74) is 3.33. The molecule has 0 unspecified atom stereocenters. The predicted octanol–water partition coefficient (Wildman–Crippen LogP) is 4.47. The molecule has 27 heavy (non-hydrogen) atoms. The average Bonchev–Trinajstić information content (AvgIpc) is 2.67. The van der Waals surface area contributed by atoms with Crippen molar-refractivity contribution in [3.8, 4) is 0 Å². The van der Waals surface area contributed by atoms with Gasteiger partial charge < -0.3 is 20.9 Å². The van der Waals surface area contributed by atoms with Gasteiger partial charge in [0.25, 0.3) is 0 Å². The Balaban J connectivity index is 2.40. The molecule has 5 nitrogen and oxygen atoms in total. The van der Waals surface area contributed by atoms with Crippen molar-refractivity contribution in [3.05, 3.63) is 72.8 Å². The van der Waals surface area contributed by atoms with Gasteiger partial charge in [0, 0.05) is 31.2 Å². The lowest BCUT2D eigenvalue weighted by atomic mass is 10.1. The van der Waals surface area contributed by atoms with Crippen LogP contribution in [0.25, 0.3) is 0 Å². The number of hydrogen-bond donors (Lipinski definition) is 3. The molecule has 3 N–H and O–H groups in total. The van der Waals surface area contributed by atoms with Gasteiger partial charge in [-0.25, -0.2) is 9.37 Å². The molecule has 0 fully saturated rings. The van der Waals surface area contributed by atoms with Crippen LogP contribution in [-0.2, 0) is 0 Å². The van der Waals surface area contributed by atoms with Gasteiger partial charge in [0.1, 0.15) is 11.6 Å². The van der Waals surface area contributed by atoms with Crippen molar-refractivity contribution >= 4 is 22.9 Å². The summed E-state index contributed by atoms with van der Waals surface area (Å²) in [6.45, 7) is 10.7. The van der Waals surface area contributed by atoms with Gasteiger partial charge in [-0.3, -0.25) is 0 Å². The fraction of sp³-hybridized carbons (Fsp3) is 0.238. The number of allylic oxidation sites excluding steroid dienone is 1. The SMILES string of the molecule is C=CC(=C)NCC(=N)c1c(N(C)CCC)ccnc1Nc1ccc(F)cc1. The van der Waals surface area contributed by atoms with Gasteiger partial charge in [-0.05, 0) is 42.8 Å². The van der Waals surface area contributed by atoms with E-state index < -0.39 is 0 Å². The van der Waals surface area contributed by atoms with Gasteiger partial charge in [0.2, 0.25) is 0 Å². The van der Waals surface area contributed by atoms with Crippen LogP contribution in [0.4, 0.5) is 21.6 Å². The second-order valence-electron chi connectivity index (χ2n) is 6.17. The number of benzene rings is 1. The number of nitrogens with one attached hydrogen (secondary N) is 3. The van der Waals surface area contributed by atoms with Gasteiger partial charge in [-0.2, -0.15) is 0 Å². The zero-order valence-electron chi connectivity index (χ0n) is 15.8. The van der Waals surface area contributed by atoms with E-state index in [0.29, 0.717) is 35.0 Å². The maximum Gasteiger partial charge on any atom is 0.141 e. The summed E-state index contributed by atoms with van der Waals surface area (Å²) in [6.07, 6.45) is 4.30. The molecule has 2 aromatic rings. The third-order valence-corrected chi connectivity index (χ3v) is 4.05. The molecule has 0 radical (unpaired) electrons. The first kappa shape index (κ1) is 20.2. The van der Waals surface area contributed by atoms with Crippen LogP contribution in [0.2, 0.25) is 0 Å². The molecule has 0 spiro atoms. The highest BCUT2D eigenvalue weighted by molar-refractivity contribution is 6.08. The van der Waals surface area contributed by atoms with E-state index in [1.807, 2.05) is 13.1 Å². The molecule has 0 aliphatic carbocycles. The van der Waals surface area contributed by atoms with Crippen molar-refractivity contribution < 1.29 is 4.39 Å². The lowest BCUT2D eigenvalue weighted by Gasteiger charge is -2.24. The van der Waals surface area contributed by atoms with Crippen LogP contribution >= 0.6 is 0 Å². The lowest BCUT2D eigenvalue weighted by molar-refractivity contribution is 0.628. The number of nitrogens with zero attached hydrogens (tertiary/aromatic N) is 2. The lowest BCUT2D eigenvalue weighted by Crippen LogP contribution is -2.26. The van der Waals surface area contributed by atoms with E-state index in [1.165, 1.54) is 12.1 Å². The monoisotopic (exact) mass is 367 g/mol. The molecule has 1 heterocycles. The van der Waals surface area contributed by atoms with E-state index in [4.69, 9.17) is 5.41 Å². The maximum absolute atomic E-state index is 13.2. The number of rotatable bonds is 10. The van der Waals surface area contributed by atoms with Crippen molar-refractivity contribution in [1.29, 1.82) is 5.41 Å². The number of hydrogen-bond acceptors (Lipinski definition) is 5. The van der Waals surface area contributed by atoms with Crippen LogP contribution in [0.1, 0.15) is 18.9 Å². The molecule has 2 rings (SSSR count). The Morgan fingerprint density at radius 3 is 2.63 bits per heavy atom. The van der Waals surface area contributed by atoms with Crippen LogP contribution in [-0.4, -0.2) is 30.8 Å². The molecule has 142 valence electrons. The summed E-state index contributed by atoms with van der Waals surface area (Å²) in [5.74, 6) is 0.253. The Kier molecular flexibility index (Phi) is 7.11. The van der Waals surface area contributed by atoms with Crippen LogP contribution in [0.3, 0.4) is 0 Å². The van der Waals surface area contributed by atoms with Crippen LogP contribution in [0.15, 0.2) is 61.5 Å². The topological polar surface area (TPSA) is 64.0 Å². The van der Waals surface area contributed by atoms with Crippen molar-refractivity contribution in [2.75, 3.05) is 30.4 Å². The number of pyridine rings is 1. The Hall–Kier alpha value is -3.15. The van der Waals surface area contributed by atoms with Gasteiger partial charge >= 0.3 is 0 Å². The fourth-order valence-corrected chi connectivity index (χ4v) is 2.65. The number of halogens is 1. The predicted molar refractivity (Wildman–Crippen MR) is 112 cm³/mol. The summed E-state index contributed by atoms with van der Waals surface area (Å²) in [7, 11) is 1.99. The quantitative estimate of drug-likeness (QED) is 0.428. The molecule has 1 aromatic carbocycles. The molecule has 0 atom stereocenters. The second-order valence-corrected chi connectivity index (χ2v) is 6.17. The first-order chi connectivity index (χ1) is 13.0. The second kappa shape index (κ2) is 9.52. The van der Waals surface area contributed by atoms with Gasteiger partial charge in [-0.1, -0.05) is 20.1 Å². The third kappa shape index (κ3) is 5.41. The number of aromatic nitrogens is 1. The molecule has 0 bridgehead atoms. The normalized spacial score (nSPS) is 10.2. The van der Waals surface area contributed by atoms with E-state index in [-0.39, 0.29) is 5.82 Å². The molecule has 0 aliphatic rings. The van der Waals surface area contributed by atoms with E-state index in [0.717, 1.165) is 18.7 Å². The molecule has 0 aliphatic heterocycles. The van der Waals surface area contributed by atoms with Crippen LogP contribution in [0.5, 0.6) is 0 Å². The largest absolute Gasteiger partial charge is 0.380 e. The van der Waals surface area contributed by atoms with Crippen LogP contribution < -0.4 is 15.5 Å². The van der Waals surface area contributed by atoms with Gasteiger partial charge in [0.15, 0.2) is 0 Å². The minimum Gasteiger partial charge on any atom is -0.380 e. The van der Waals surface area contributed by atoms with E-state index in [2.05, 4.69) is 40.6 Å². The van der Waals surface area contributed by atoms with Crippen molar-refractivity contribution in [3.63, 3.8) is 0 Å². The van der Waals surface area contributed by atoms with Crippen molar-refractivity contribution in [1.82, 2.24) is 10.3 Å². The summed E-state index contributed by atoms with van der Waals surface area (Å²) >= 11 is 0. The highest BCUT2D eigenvalue weighted by atomic mass is 19.1. The maximum atomic E-state index is 13.2. The fourth-order valence-electron chi connectivity index (χ4n) is 2.65. The summed E-state index contributed by atoms with van der Waals surface area (Å²) < 4.78 is 13.2. The van der Waals surface area contributed by atoms with Crippen molar-refractivity contribution in [2.45, 2.75) is 13.3 Å². The van der Waals surface area contributed by atoms with Gasteiger partial charge in [-0.15, -0.1) is 0 Å². The van der Waals surface area contributed by atoms with Crippen molar-refractivity contribution in [2.24, 2.45) is 0 Å². The third-order valence-electron chi connectivity index (χ3n) is 4.05. The minimum atomic E-state index is -0.301. The Labute approximate surface area is 160 Å². The van der Waals surface area contributed by atoms with E-state index in [9.17, 15) is 4.39 Å². The van der Waals surface area contributed by atoms with E-state index in [1.54, 1.807) is 24.4 Å². The highest BCUT2D eigenvalue weighted by Gasteiger charge is 2.17. The average molecular weight is 367 g/mol. The zero-order chi connectivity index (χ0) is 19.8. The first-order valence-corrected chi connectivity index (χ1v) is 8.82. The van der Waals surface area contributed by atoms with Gasteiger partial charge in [0.05, 0.1) is 23.5 Å². The summed E-state index contributed by atoms with van der Waals surface area (Å²) in [6, 6.07) is 7.96. The molecule has 1 aromatic heterocycles. The highest BCUT2D eigenvalue weighted by Crippen LogP contribution is 2.28. The zero-order valence-corrected chi connectivity index (χ0v) is 15.8. The summed E-state index contributed by atoms with van der Waals surface area (Å²) in [5, 5.41) is 14.9. The Morgan fingerprint density at radius 2 is 2.00 bits per heavy atom. The molecular formula is C21H26FN5. The van der Waals surface area contributed by atoms with E-state index >= 15 is 0 Å². The molecular weight excluding hydrogens is 341 g/mol. The molecule has 0 saturated heterocycles.